The van der Waals surface area contributed by atoms with E-state index >= 15 is 0 Å². The highest BCUT2D eigenvalue weighted by atomic mass is 35.5. The minimum atomic E-state index is -3.10. The first-order valence-corrected chi connectivity index (χ1v) is 11.2. The van der Waals surface area contributed by atoms with Crippen molar-refractivity contribution in [3.8, 4) is 0 Å². The Labute approximate surface area is 174 Å². The van der Waals surface area contributed by atoms with E-state index in [9.17, 15) is 18.0 Å². The van der Waals surface area contributed by atoms with Gasteiger partial charge < -0.3 is 9.64 Å². The van der Waals surface area contributed by atoms with Crippen LogP contribution < -0.4 is 4.90 Å². The summed E-state index contributed by atoms with van der Waals surface area (Å²) in [5.41, 5.74) is 1.82. The number of methoxy groups -OCH3 is 1. The molecule has 0 spiro atoms. The number of nitrogens with zero attached hydrogens (tertiary/aromatic N) is 2. The smallest absolute Gasteiger partial charge is 0.337 e. The summed E-state index contributed by atoms with van der Waals surface area (Å²) < 4.78 is 28.1. The topological polar surface area (TPSA) is 84.0 Å². The summed E-state index contributed by atoms with van der Waals surface area (Å²) in [4.78, 5) is 27.9. The van der Waals surface area contributed by atoms with E-state index in [-0.39, 0.29) is 37.2 Å². The van der Waals surface area contributed by atoms with Crippen molar-refractivity contribution in [2.24, 2.45) is 0 Å². The Balaban J connectivity index is 1.85. The van der Waals surface area contributed by atoms with Crippen molar-refractivity contribution >= 4 is 39.1 Å². The molecule has 0 aromatic heterocycles. The van der Waals surface area contributed by atoms with E-state index in [1.165, 1.54) is 12.0 Å². The van der Waals surface area contributed by atoms with Gasteiger partial charge in [0.05, 0.1) is 30.7 Å². The van der Waals surface area contributed by atoms with Gasteiger partial charge in [0.25, 0.3) is 0 Å². The van der Waals surface area contributed by atoms with Gasteiger partial charge in [0, 0.05) is 23.8 Å². The van der Waals surface area contributed by atoms with Crippen LogP contribution >= 0.6 is 11.6 Å². The molecule has 3 rings (SSSR count). The zero-order valence-corrected chi connectivity index (χ0v) is 17.4. The van der Waals surface area contributed by atoms with Gasteiger partial charge in [-0.2, -0.15) is 0 Å². The average molecular weight is 437 g/mol. The summed E-state index contributed by atoms with van der Waals surface area (Å²) in [6.07, 6.45) is 0. The molecule has 0 radical (unpaired) electrons. The first-order chi connectivity index (χ1) is 13.8. The molecular weight excluding hydrogens is 416 g/mol. The number of carbonyl (C=O) groups is 2. The Kier molecular flexibility index (Phi) is 6.44. The summed E-state index contributed by atoms with van der Waals surface area (Å²) >= 11 is 6.11. The normalized spacial score (nSPS) is 15.6. The largest absolute Gasteiger partial charge is 0.465 e. The van der Waals surface area contributed by atoms with Crippen LogP contribution in [-0.2, 0) is 21.1 Å². The van der Waals surface area contributed by atoms with E-state index < -0.39 is 15.8 Å². The van der Waals surface area contributed by atoms with E-state index in [0.29, 0.717) is 16.3 Å². The minimum absolute atomic E-state index is 0.0457. The number of halogens is 1. The Hall–Kier alpha value is -2.58. The van der Waals surface area contributed by atoms with Crippen molar-refractivity contribution in [2.75, 3.05) is 36.6 Å². The summed E-state index contributed by atoms with van der Waals surface area (Å²) in [6, 6.07) is 13.4. The molecule has 1 aliphatic heterocycles. The molecule has 1 aliphatic rings. The monoisotopic (exact) mass is 436 g/mol. The van der Waals surface area contributed by atoms with Crippen LogP contribution in [0.25, 0.3) is 0 Å². The third-order valence-corrected chi connectivity index (χ3v) is 6.53. The lowest BCUT2D eigenvalue weighted by molar-refractivity contribution is 0.0600. The van der Waals surface area contributed by atoms with Crippen LogP contribution in [0.2, 0.25) is 5.02 Å². The van der Waals surface area contributed by atoms with E-state index in [1.54, 1.807) is 53.4 Å². The second-order valence-electron chi connectivity index (χ2n) is 6.68. The highest BCUT2D eigenvalue weighted by molar-refractivity contribution is 7.91. The predicted molar refractivity (Wildman–Crippen MR) is 111 cm³/mol. The fourth-order valence-corrected chi connectivity index (χ4v) is 4.42. The predicted octanol–water partition coefficient (Wildman–Crippen LogP) is 2.98. The van der Waals surface area contributed by atoms with Crippen molar-refractivity contribution < 1.29 is 22.7 Å². The Bertz CT molecular complexity index is 994. The molecule has 154 valence electrons. The molecule has 1 heterocycles. The summed E-state index contributed by atoms with van der Waals surface area (Å²) in [7, 11) is -1.78. The van der Waals surface area contributed by atoms with Crippen LogP contribution in [0.15, 0.2) is 48.5 Å². The van der Waals surface area contributed by atoms with E-state index in [0.717, 1.165) is 5.56 Å². The molecule has 1 saturated heterocycles. The van der Waals surface area contributed by atoms with Gasteiger partial charge in [-0.15, -0.1) is 0 Å². The number of amides is 2. The summed E-state index contributed by atoms with van der Waals surface area (Å²) in [5.74, 6) is -0.528. The molecular formula is C20H21ClN2O5S. The number of ether oxygens (including phenoxy) is 1. The highest BCUT2D eigenvalue weighted by Crippen LogP contribution is 2.24. The SMILES string of the molecule is COC(=O)c1ccc(CN(C(=O)N2CCS(=O)(=O)CC2)c2cccc(Cl)c2)cc1. The number of sulfone groups is 1. The van der Waals surface area contributed by atoms with E-state index in [1.807, 2.05) is 0 Å². The van der Waals surface area contributed by atoms with Gasteiger partial charge in [0.15, 0.2) is 9.84 Å². The van der Waals surface area contributed by atoms with Crippen molar-refractivity contribution in [1.82, 2.24) is 4.90 Å². The lowest BCUT2D eigenvalue weighted by Crippen LogP contribution is -2.49. The van der Waals surface area contributed by atoms with Gasteiger partial charge in [-0.05, 0) is 35.9 Å². The van der Waals surface area contributed by atoms with Crippen LogP contribution in [0.4, 0.5) is 10.5 Å². The maximum absolute atomic E-state index is 13.2. The van der Waals surface area contributed by atoms with Gasteiger partial charge in [-0.3, -0.25) is 4.90 Å². The number of hydrogen-bond acceptors (Lipinski definition) is 5. The van der Waals surface area contributed by atoms with Crippen LogP contribution in [0.5, 0.6) is 0 Å². The second-order valence-corrected chi connectivity index (χ2v) is 9.42. The second kappa shape index (κ2) is 8.84. The molecule has 0 bridgehead atoms. The molecule has 2 aromatic rings. The number of urea groups is 1. The zero-order valence-electron chi connectivity index (χ0n) is 15.9. The molecule has 0 atom stereocenters. The maximum atomic E-state index is 13.2. The number of hydrogen-bond donors (Lipinski definition) is 0. The molecule has 0 unspecified atom stereocenters. The zero-order chi connectivity index (χ0) is 21.0. The lowest BCUT2D eigenvalue weighted by Gasteiger charge is -2.33. The number of esters is 1. The minimum Gasteiger partial charge on any atom is -0.465 e. The Morgan fingerprint density at radius 2 is 1.76 bits per heavy atom. The maximum Gasteiger partial charge on any atom is 0.337 e. The number of anilines is 1. The molecule has 2 amide bonds. The quantitative estimate of drug-likeness (QED) is 0.688. The third-order valence-electron chi connectivity index (χ3n) is 4.68. The molecule has 0 N–H and O–H groups in total. The van der Waals surface area contributed by atoms with Crippen molar-refractivity contribution in [3.63, 3.8) is 0 Å². The van der Waals surface area contributed by atoms with Crippen LogP contribution in [0.1, 0.15) is 15.9 Å². The van der Waals surface area contributed by atoms with Crippen LogP contribution in [0, 0.1) is 0 Å². The Morgan fingerprint density at radius 3 is 2.34 bits per heavy atom. The summed E-state index contributed by atoms with van der Waals surface area (Å²) in [6.45, 7) is 0.545. The fourth-order valence-electron chi connectivity index (χ4n) is 3.03. The molecule has 0 aliphatic carbocycles. The number of carbonyl (C=O) groups excluding carboxylic acids is 2. The van der Waals surface area contributed by atoms with Gasteiger partial charge in [0.2, 0.25) is 0 Å². The van der Waals surface area contributed by atoms with Gasteiger partial charge in [-0.1, -0.05) is 29.8 Å². The van der Waals surface area contributed by atoms with Crippen LogP contribution in [0.3, 0.4) is 0 Å². The molecule has 1 fully saturated rings. The molecule has 9 heteroatoms. The molecule has 0 saturated carbocycles. The first kappa shape index (κ1) is 21.1. The standard InChI is InChI=1S/C20H21ClN2O5S/c1-28-19(24)16-7-5-15(6-8-16)14-23(18-4-2-3-17(21)13-18)20(25)22-9-11-29(26,27)12-10-22/h2-8,13H,9-12,14H2,1H3. The van der Waals surface area contributed by atoms with E-state index in [4.69, 9.17) is 16.3 Å². The van der Waals surface area contributed by atoms with Crippen molar-refractivity contribution in [1.29, 1.82) is 0 Å². The third kappa shape index (κ3) is 5.27. The van der Waals surface area contributed by atoms with E-state index in [2.05, 4.69) is 0 Å². The lowest BCUT2D eigenvalue weighted by atomic mass is 10.1. The van der Waals surface area contributed by atoms with Gasteiger partial charge in [-0.25, -0.2) is 18.0 Å². The summed E-state index contributed by atoms with van der Waals surface area (Å²) in [5, 5.41) is 0.488. The van der Waals surface area contributed by atoms with Crippen molar-refractivity contribution in [2.45, 2.75) is 6.54 Å². The van der Waals surface area contributed by atoms with Crippen LogP contribution in [-0.4, -0.2) is 57.0 Å². The van der Waals surface area contributed by atoms with Gasteiger partial charge >= 0.3 is 12.0 Å². The van der Waals surface area contributed by atoms with Crippen molar-refractivity contribution in [3.05, 3.63) is 64.7 Å². The number of rotatable bonds is 4. The number of benzene rings is 2. The molecule has 7 nitrogen and oxygen atoms in total. The first-order valence-electron chi connectivity index (χ1n) is 8.99. The average Bonchev–Trinajstić information content (AvgIpc) is 2.71. The molecule has 2 aromatic carbocycles. The van der Waals surface area contributed by atoms with Gasteiger partial charge in [0.1, 0.15) is 0 Å². The Morgan fingerprint density at radius 1 is 1.10 bits per heavy atom. The fraction of sp³-hybridized carbons (Fsp3) is 0.300. The molecule has 29 heavy (non-hydrogen) atoms. The highest BCUT2D eigenvalue weighted by Gasteiger charge is 2.29.